The Kier molecular flexibility index (Phi) is 10.9. The molecule has 12 heteroatoms. The molecule has 0 spiro atoms. The molecule has 0 saturated heterocycles. The van der Waals surface area contributed by atoms with E-state index in [2.05, 4.69) is 5.32 Å². The Hall–Kier alpha value is -4.12. The molecular weight excluding hydrogens is 628 g/mol. The van der Waals surface area contributed by atoms with Crippen molar-refractivity contribution in [2.24, 2.45) is 0 Å². The summed E-state index contributed by atoms with van der Waals surface area (Å²) in [5.74, 6) is -1.34. The predicted octanol–water partition coefficient (Wildman–Crippen LogP) is 5.72. The summed E-state index contributed by atoms with van der Waals surface area (Å²) in [5.41, 5.74) is 1.20. The standard InChI is InChI=1S/C32H30Cl2FN3O5S/c1-36-32(40)30(19-22-7-4-3-5-8-22)37(20-27-28(33)9-6-10-29(27)34)31(39)21-38(24-13-11-23(35)12-14-24)44(41,42)26-17-15-25(43-2)16-18-26/h3-18,30H,19-21H2,1-2H3,(H,36,40)/t30-/m1/s1. The van der Waals surface area contributed by atoms with Gasteiger partial charge in [0.1, 0.15) is 24.2 Å². The first-order valence-electron chi connectivity index (χ1n) is 13.5. The van der Waals surface area contributed by atoms with Crippen LogP contribution in [0.15, 0.2) is 102 Å². The maximum atomic E-state index is 14.3. The zero-order valence-electron chi connectivity index (χ0n) is 23.9. The highest BCUT2D eigenvalue weighted by molar-refractivity contribution is 7.92. The number of sulfonamides is 1. The van der Waals surface area contributed by atoms with Crippen LogP contribution in [0.5, 0.6) is 5.75 Å². The maximum Gasteiger partial charge on any atom is 0.264 e. The second-order valence-electron chi connectivity index (χ2n) is 9.71. The van der Waals surface area contributed by atoms with E-state index in [0.717, 1.165) is 22.0 Å². The van der Waals surface area contributed by atoms with E-state index in [4.69, 9.17) is 27.9 Å². The number of hydrogen-bond donors (Lipinski definition) is 1. The minimum atomic E-state index is -4.36. The zero-order valence-corrected chi connectivity index (χ0v) is 26.2. The second-order valence-corrected chi connectivity index (χ2v) is 12.4. The summed E-state index contributed by atoms with van der Waals surface area (Å²) in [5, 5.41) is 3.15. The summed E-state index contributed by atoms with van der Waals surface area (Å²) in [6.45, 7) is -0.910. The van der Waals surface area contributed by atoms with Gasteiger partial charge in [-0.05, 0) is 66.2 Å². The van der Waals surface area contributed by atoms with Gasteiger partial charge in [0.05, 0.1) is 17.7 Å². The van der Waals surface area contributed by atoms with E-state index in [-0.39, 0.29) is 33.6 Å². The van der Waals surface area contributed by atoms with Gasteiger partial charge in [-0.25, -0.2) is 12.8 Å². The van der Waals surface area contributed by atoms with Crippen LogP contribution in [0.1, 0.15) is 11.1 Å². The summed E-state index contributed by atoms with van der Waals surface area (Å²) < 4.78 is 47.9. The number of likely N-dealkylation sites (N-methyl/N-ethyl adjacent to an activating group) is 1. The van der Waals surface area contributed by atoms with Crippen molar-refractivity contribution < 1.29 is 27.1 Å². The molecule has 4 rings (SSSR count). The Morgan fingerprint density at radius 3 is 2.07 bits per heavy atom. The van der Waals surface area contributed by atoms with Crippen LogP contribution in [-0.2, 0) is 32.6 Å². The van der Waals surface area contributed by atoms with Crippen molar-refractivity contribution in [3.8, 4) is 5.75 Å². The van der Waals surface area contributed by atoms with E-state index in [9.17, 15) is 22.4 Å². The van der Waals surface area contributed by atoms with Gasteiger partial charge in [0.2, 0.25) is 11.8 Å². The van der Waals surface area contributed by atoms with Gasteiger partial charge in [0.25, 0.3) is 10.0 Å². The lowest BCUT2D eigenvalue weighted by molar-refractivity contribution is -0.139. The van der Waals surface area contributed by atoms with Crippen LogP contribution in [0.25, 0.3) is 0 Å². The number of nitrogens with one attached hydrogen (secondary N) is 1. The fourth-order valence-electron chi connectivity index (χ4n) is 4.59. The number of halogens is 3. The molecule has 0 aromatic heterocycles. The lowest BCUT2D eigenvalue weighted by Crippen LogP contribution is -2.53. The third-order valence-corrected chi connectivity index (χ3v) is 9.44. The van der Waals surface area contributed by atoms with Crippen molar-refractivity contribution in [3.63, 3.8) is 0 Å². The largest absolute Gasteiger partial charge is 0.497 e. The van der Waals surface area contributed by atoms with Crippen molar-refractivity contribution in [1.82, 2.24) is 10.2 Å². The number of rotatable bonds is 12. The van der Waals surface area contributed by atoms with Crippen LogP contribution in [0.2, 0.25) is 10.0 Å². The molecule has 1 atom stereocenters. The molecule has 0 bridgehead atoms. The number of carbonyl (C=O) groups is 2. The molecule has 0 aliphatic rings. The van der Waals surface area contributed by atoms with E-state index in [1.165, 1.54) is 55.5 Å². The number of benzene rings is 4. The third-order valence-electron chi connectivity index (χ3n) is 6.95. The van der Waals surface area contributed by atoms with Crippen molar-refractivity contribution in [1.29, 1.82) is 0 Å². The monoisotopic (exact) mass is 657 g/mol. The van der Waals surface area contributed by atoms with Gasteiger partial charge >= 0.3 is 0 Å². The fraction of sp³-hybridized carbons (Fsp3) is 0.188. The van der Waals surface area contributed by atoms with Gasteiger partial charge in [-0.2, -0.15) is 0 Å². The summed E-state index contributed by atoms with van der Waals surface area (Å²) >= 11 is 13.0. The molecule has 0 saturated carbocycles. The molecule has 0 heterocycles. The topological polar surface area (TPSA) is 96.0 Å². The normalized spacial score (nSPS) is 11.8. The van der Waals surface area contributed by atoms with E-state index in [0.29, 0.717) is 11.3 Å². The molecule has 0 fully saturated rings. The highest BCUT2D eigenvalue weighted by atomic mass is 35.5. The average molecular weight is 659 g/mol. The number of amides is 2. The van der Waals surface area contributed by atoms with Crippen LogP contribution in [0, 0.1) is 5.82 Å². The highest BCUT2D eigenvalue weighted by Gasteiger charge is 2.35. The lowest BCUT2D eigenvalue weighted by atomic mass is 10.0. The molecule has 2 amide bonds. The van der Waals surface area contributed by atoms with Crippen molar-refractivity contribution in [3.05, 3.63) is 124 Å². The van der Waals surface area contributed by atoms with Crippen LogP contribution >= 0.6 is 23.2 Å². The lowest BCUT2D eigenvalue weighted by Gasteiger charge is -2.34. The summed E-state index contributed by atoms with van der Waals surface area (Å²) in [6, 6.07) is 23.3. The SMILES string of the molecule is CNC(=O)[C@@H](Cc1ccccc1)N(Cc1c(Cl)cccc1Cl)C(=O)CN(c1ccc(F)cc1)S(=O)(=O)c1ccc(OC)cc1. The van der Waals surface area contributed by atoms with Crippen LogP contribution in [0.4, 0.5) is 10.1 Å². The van der Waals surface area contributed by atoms with Gasteiger partial charge in [0.15, 0.2) is 0 Å². The number of carbonyl (C=O) groups excluding carboxylic acids is 2. The Bertz CT molecular complexity index is 1690. The fourth-order valence-corrected chi connectivity index (χ4v) is 6.52. The number of hydrogen-bond acceptors (Lipinski definition) is 5. The van der Waals surface area contributed by atoms with Crippen molar-refractivity contribution in [2.75, 3.05) is 25.0 Å². The Morgan fingerprint density at radius 1 is 0.886 bits per heavy atom. The first-order valence-corrected chi connectivity index (χ1v) is 15.6. The third kappa shape index (κ3) is 7.68. The zero-order chi connectivity index (χ0) is 31.9. The second kappa shape index (κ2) is 14.6. The summed E-state index contributed by atoms with van der Waals surface area (Å²) in [7, 11) is -1.47. The molecule has 0 radical (unpaired) electrons. The van der Waals surface area contributed by atoms with E-state index in [1.807, 2.05) is 30.3 Å². The number of anilines is 1. The first-order chi connectivity index (χ1) is 21.0. The molecule has 8 nitrogen and oxygen atoms in total. The minimum absolute atomic E-state index is 0.0471. The Morgan fingerprint density at radius 2 is 1.50 bits per heavy atom. The molecular formula is C32H30Cl2FN3O5S. The highest BCUT2D eigenvalue weighted by Crippen LogP contribution is 2.29. The summed E-state index contributed by atoms with van der Waals surface area (Å²) in [4.78, 5) is 28.8. The van der Waals surface area contributed by atoms with E-state index in [1.54, 1.807) is 18.2 Å². The first kappa shape index (κ1) is 32.8. The molecule has 230 valence electrons. The average Bonchev–Trinajstić information content (AvgIpc) is 3.03. The number of methoxy groups -OCH3 is 1. The Labute approximate surface area is 266 Å². The van der Waals surface area contributed by atoms with Crippen LogP contribution in [0.3, 0.4) is 0 Å². The maximum absolute atomic E-state index is 14.3. The van der Waals surface area contributed by atoms with Gasteiger partial charge in [0, 0.05) is 35.6 Å². The molecule has 44 heavy (non-hydrogen) atoms. The van der Waals surface area contributed by atoms with Gasteiger partial charge in [-0.1, -0.05) is 59.6 Å². The quantitative estimate of drug-likeness (QED) is 0.210. The molecule has 0 unspecified atom stereocenters. The van der Waals surface area contributed by atoms with Gasteiger partial charge in [-0.15, -0.1) is 0 Å². The van der Waals surface area contributed by atoms with E-state index >= 15 is 0 Å². The van der Waals surface area contributed by atoms with Crippen LogP contribution < -0.4 is 14.4 Å². The predicted molar refractivity (Wildman–Crippen MR) is 169 cm³/mol. The number of nitrogens with zero attached hydrogens (tertiary/aromatic N) is 2. The van der Waals surface area contributed by atoms with Crippen LogP contribution in [-0.4, -0.2) is 51.9 Å². The van der Waals surface area contributed by atoms with Crippen molar-refractivity contribution in [2.45, 2.75) is 23.9 Å². The molecule has 0 aliphatic heterocycles. The summed E-state index contributed by atoms with van der Waals surface area (Å²) in [6.07, 6.45) is 0.121. The van der Waals surface area contributed by atoms with Crippen molar-refractivity contribution >= 4 is 50.7 Å². The molecule has 0 aliphatic carbocycles. The minimum Gasteiger partial charge on any atom is -0.497 e. The molecule has 4 aromatic carbocycles. The smallest absolute Gasteiger partial charge is 0.264 e. The van der Waals surface area contributed by atoms with Gasteiger partial charge in [-0.3, -0.25) is 13.9 Å². The Balaban J connectivity index is 1.81. The molecule has 4 aromatic rings. The number of ether oxygens (including phenoxy) is 1. The van der Waals surface area contributed by atoms with E-state index < -0.39 is 40.2 Å². The molecule has 1 N–H and O–H groups in total. The van der Waals surface area contributed by atoms with Gasteiger partial charge < -0.3 is 15.0 Å².